The third-order valence-electron chi connectivity index (χ3n) is 3.97. The minimum atomic E-state index is -0.280. The molecule has 0 fully saturated rings. The van der Waals surface area contributed by atoms with Crippen molar-refractivity contribution in [3.05, 3.63) is 75.4 Å². The molecule has 0 bridgehead atoms. The number of carbonyl (C=O) groups is 1. The molecular weight excluding hydrogens is 377 g/mol. The summed E-state index contributed by atoms with van der Waals surface area (Å²) in [4.78, 5) is 15.4. The minimum Gasteiger partial charge on any atom is -0.347 e. The number of nitrogens with one attached hydrogen (secondary N) is 1. The predicted molar refractivity (Wildman–Crippen MR) is 102 cm³/mol. The third kappa shape index (κ3) is 3.45. The van der Waals surface area contributed by atoms with Crippen LogP contribution in [0.3, 0.4) is 0 Å². The van der Waals surface area contributed by atoms with E-state index in [0.717, 1.165) is 31.7 Å². The Balaban J connectivity index is 1.53. The Kier molecular flexibility index (Phi) is 4.54. The summed E-state index contributed by atoms with van der Waals surface area (Å²) >= 11 is 9.31. The summed E-state index contributed by atoms with van der Waals surface area (Å²) < 4.78 is 12.9. The zero-order chi connectivity index (χ0) is 17.4. The molecule has 0 saturated heterocycles. The molecule has 1 N–H and O–H groups in total. The smallest absolute Gasteiger partial charge is 0.261 e. The van der Waals surface area contributed by atoms with Gasteiger partial charge in [0.25, 0.3) is 5.91 Å². The summed E-state index contributed by atoms with van der Waals surface area (Å²) in [6.45, 7) is 0.378. The van der Waals surface area contributed by atoms with Crippen LogP contribution >= 0.6 is 34.7 Å². The van der Waals surface area contributed by atoms with Crippen molar-refractivity contribution < 1.29 is 9.18 Å². The molecule has 126 valence electrons. The van der Waals surface area contributed by atoms with E-state index in [1.54, 1.807) is 23.9 Å². The van der Waals surface area contributed by atoms with Crippen molar-refractivity contribution in [1.29, 1.82) is 0 Å². The molecule has 2 nitrogen and oxygen atoms in total. The molecule has 6 heteroatoms. The fourth-order valence-electron chi connectivity index (χ4n) is 2.71. The van der Waals surface area contributed by atoms with Gasteiger partial charge in [-0.2, -0.15) is 0 Å². The van der Waals surface area contributed by atoms with Crippen molar-refractivity contribution in [3.63, 3.8) is 0 Å². The number of amides is 1. The van der Waals surface area contributed by atoms with Gasteiger partial charge in [-0.05, 0) is 41.5 Å². The van der Waals surface area contributed by atoms with Gasteiger partial charge in [0.2, 0.25) is 0 Å². The van der Waals surface area contributed by atoms with E-state index >= 15 is 0 Å². The molecule has 2 heterocycles. The lowest BCUT2D eigenvalue weighted by atomic mass is 10.1. The zero-order valence-electron chi connectivity index (χ0n) is 13.0. The molecule has 4 rings (SSSR count). The second-order valence-electron chi connectivity index (χ2n) is 5.70. The Morgan fingerprint density at radius 1 is 1.16 bits per heavy atom. The van der Waals surface area contributed by atoms with Crippen LogP contribution in [0.5, 0.6) is 0 Å². The van der Waals surface area contributed by atoms with Crippen LogP contribution in [0.1, 0.15) is 20.8 Å². The monoisotopic (exact) mass is 389 g/mol. The van der Waals surface area contributed by atoms with Gasteiger partial charge in [-0.25, -0.2) is 4.39 Å². The molecule has 25 heavy (non-hydrogen) atoms. The van der Waals surface area contributed by atoms with Crippen LogP contribution in [0.25, 0.3) is 10.4 Å². The maximum absolute atomic E-state index is 12.9. The molecule has 0 spiro atoms. The van der Waals surface area contributed by atoms with Crippen molar-refractivity contribution in [2.24, 2.45) is 0 Å². The van der Waals surface area contributed by atoms with Gasteiger partial charge in [-0.3, -0.25) is 4.79 Å². The second kappa shape index (κ2) is 6.83. The van der Waals surface area contributed by atoms with Gasteiger partial charge in [-0.15, -0.1) is 23.1 Å². The molecule has 3 aromatic rings. The van der Waals surface area contributed by atoms with E-state index in [1.165, 1.54) is 29.0 Å². The molecule has 0 saturated carbocycles. The summed E-state index contributed by atoms with van der Waals surface area (Å²) in [7, 11) is 0. The largest absolute Gasteiger partial charge is 0.347 e. The minimum absolute atomic E-state index is 0.107. The van der Waals surface area contributed by atoms with Crippen molar-refractivity contribution in [1.82, 2.24) is 5.32 Å². The third-order valence-corrected chi connectivity index (χ3v) is 6.52. The highest BCUT2D eigenvalue weighted by Gasteiger charge is 2.22. The number of carbonyl (C=O) groups excluding carboxylic acids is 1. The number of rotatable bonds is 3. The van der Waals surface area contributed by atoms with E-state index in [4.69, 9.17) is 11.6 Å². The quantitative estimate of drug-likeness (QED) is 0.618. The fraction of sp³-hybridized carbons (Fsp3) is 0.105. The highest BCUT2D eigenvalue weighted by molar-refractivity contribution is 7.98. The number of thioether (sulfide) groups is 1. The number of thiophene rings is 1. The number of hydrogen-bond acceptors (Lipinski definition) is 3. The molecule has 1 aromatic heterocycles. The standard InChI is InChI=1S/C19H13ClFNOS2/c20-13-3-6-15-16(8-13)24-10-12-7-17(25-18(12)15)19(23)22-9-11-1-4-14(21)5-2-11/h1-8H,9-10H2,(H,22,23). The Morgan fingerprint density at radius 2 is 1.96 bits per heavy atom. The Bertz CT molecular complexity index is 953. The summed E-state index contributed by atoms with van der Waals surface area (Å²) in [5.41, 5.74) is 3.18. The number of halogens is 2. The van der Waals surface area contributed by atoms with Gasteiger partial charge in [0, 0.05) is 32.7 Å². The molecule has 0 radical (unpaired) electrons. The van der Waals surface area contributed by atoms with Crippen molar-refractivity contribution in [2.75, 3.05) is 0 Å². The molecule has 0 atom stereocenters. The van der Waals surface area contributed by atoms with Crippen molar-refractivity contribution in [3.8, 4) is 10.4 Å². The van der Waals surface area contributed by atoms with Crippen LogP contribution in [-0.4, -0.2) is 5.91 Å². The molecule has 0 aliphatic carbocycles. The Hall–Kier alpha value is -1.82. The van der Waals surface area contributed by atoms with E-state index in [-0.39, 0.29) is 11.7 Å². The van der Waals surface area contributed by atoms with E-state index in [1.807, 2.05) is 24.3 Å². The summed E-state index contributed by atoms with van der Waals surface area (Å²) in [6.07, 6.45) is 0. The van der Waals surface area contributed by atoms with Crippen LogP contribution in [0, 0.1) is 5.82 Å². The lowest BCUT2D eigenvalue weighted by molar-refractivity contribution is 0.0955. The number of hydrogen-bond donors (Lipinski definition) is 1. The fourth-order valence-corrected chi connectivity index (χ4v) is 5.31. The molecule has 0 unspecified atom stereocenters. The van der Waals surface area contributed by atoms with Gasteiger partial charge in [0.05, 0.1) is 4.88 Å². The average Bonchev–Trinajstić information content (AvgIpc) is 3.05. The van der Waals surface area contributed by atoms with Crippen LogP contribution in [-0.2, 0) is 12.3 Å². The predicted octanol–water partition coefficient (Wildman–Crippen LogP) is 5.74. The van der Waals surface area contributed by atoms with Crippen LogP contribution in [0.2, 0.25) is 5.02 Å². The van der Waals surface area contributed by atoms with Crippen molar-refractivity contribution >= 4 is 40.6 Å². The number of benzene rings is 2. The highest BCUT2D eigenvalue weighted by Crippen LogP contribution is 2.46. The Labute approximate surface area is 158 Å². The van der Waals surface area contributed by atoms with Crippen molar-refractivity contribution in [2.45, 2.75) is 17.2 Å². The second-order valence-corrected chi connectivity index (χ2v) is 8.21. The van der Waals surface area contributed by atoms with Crippen LogP contribution < -0.4 is 5.32 Å². The van der Waals surface area contributed by atoms with E-state index in [2.05, 4.69) is 5.32 Å². The SMILES string of the molecule is O=C(NCc1ccc(F)cc1)c1cc2c(s1)-c1ccc(Cl)cc1SC2. The highest BCUT2D eigenvalue weighted by atomic mass is 35.5. The van der Waals surface area contributed by atoms with Gasteiger partial charge < -0.3 is 5.32 Å². The van der Waals surface area contributed by atoms with Crippen LogP contribution in [0.4, 0.5) is 4.39 Å². The van der Waals surface area contributed by atoms with Crippen LogP contribution in [0.15, 0.2) is 53.4 Å². The maximum Gasteiger partial charge on any atom is 0.261 e. The molecular formula is C19H13ClFNOS2. The number of fused-ring (bicyclic) bond motifs is 3. The van der Waals surface area contributed by atoms with Gasteiger partial charge >= 0.3 is 0 Å². The summed E-state index contributed by atoms with van der Waals surface area (Å²) in [6, 6.07) is 14.0. The maximum atomic E-state index is 12.9. The first-order valence-electron chi connectivity index (χ1n) is 7.68. The van der Waals surface area contributed by atoms with E-state index < -0.39 is 0 Å². The first-order chi connectivity index (χ1) is 12.1. The summed E-state index contributed by atoms with van der Waals surface area (Å²) in [5, 5.41) is 3.62. The van der Waals surface area contributed by atoms with Gasteiger partial charge in [0.1, 0.15) is 5.82 Å². The van der Waals surface area contributed by atoms with E-state index in [0.29, 0.717) is 11.4 Å². The molecule has 1 aliphatic heterocycles. The molecule has 1 amide bonds. The van der Waals surface area contributed by atoms with E-state index in [9.17, 15) is 9.18 Å². The zero-order valence-corrected chi connectivity index (χ0v) is 15.4. The molecule has 2 aromatic carbocycles. The first kappa shape index (κ1) is 16.6. The first-order valence-corrected chi connectivity index (χ1v) is 9.86. The topological polar surface area (TPSA) is 29.1 Å². The average molecular weight is 390 g/mol. The molecule has 1 aliphatic rings. The normalized spacial score (nSPS) is 12.4. The lowest BCUT2D eigenvalue weighted by Crippen LogP contribution is -2.21. The van der Waals surface area contributed by atoms with Gasteiger partial charge in [-0.1, -0.05) is 29.8 Å². The lowest BCUT2D eigenvalue weighted by Gasteiger charge is -2.15. The van der Waals surface area contributed by atoms with Gasteiger partial charge in [0.15, 0.2) is 0 Å². The summed E-state index contributed by atoms with van der Waals surface area (Å²) in [5.74, 6) is 0.450. The Morgan fingerprint density at radius 3 is 2.76 bits per heavy atom.